The molecule has 0 aliphatic rings. The van der Waals surface area contributed by atoms with Crippen LogP contribution in [-0.2, 0) is 4.74 Å². The van der Waals surface area contributed by atoms with E-state index in [0.29, 0.717) is 11.2 Å². The normalized spacial score (nSPS) is 11.6. The summed E-state index contributed by atoms with van der Waals surface area (Å²) >= 11 is 3.14. The number of hydrogen-bond donors (Lipinski definition) is 0. The fourth-order valence-electron chi connectivity index (χ4n) is 1.93. The Kier molecular flexibility index (Phi) is 3.99. The van der Waals surface area contributed by atoms with Crippen LogP contribution in [0.2, 0.25) is 0 Å². The molecule has 0 fully saturated rings. The van der Waals surface area contributed by atoms with E-state index in [0.717, 1.165) is 5.39 Å². The van der Waals surface area contributed by atoms with Crippen LogP contribution in [0.15, 0.2) is 30.3 Å². The first-order chi connectivity index (χ1) is 9.33. The Hall–Kier alpha value is -1.62. The van der Waals surface area contributed by atoms with Crippen molar-refractivity contribution in [1.29, 1.82) is 0 Å². The van der Waals surface area contributed by atoms with Gasteiger partial charge in [-0.1, -0.05) is 34.1 Å². The molecule has 1 heterocycles. The van der Waals surface area contributed by atoms with Crippen LogP contribution in [0.5, 0.6) is 0 Å². The number of para-hydroxylation sites is 1. The fourth-order valence-corrected chi connectivity index (χ4v) is 2.22. The van der Waals surface area contributed by atoms with Crippen molar-refractivity contribution in [2.45, 2.75) is 26.4 Å². The number of ether oxygens (including phenoxy) is 1. The van der Waals surface area contributed by atoms with E-state index in [-0.39, 0.29) is 11.1 Å². The van der Waals surface area contributed by atoms with E-state index in [9.17, 15) is 9.59 Å². The van der Waals surface area contributed by atoms with Crippen LogP contribution in [-0.4, -0.2) is 27.4 Å². The third-order valence-corrected chi connectivity index (χ3v) is 3.20. The highest BCUT2D eigenvalue weighted by Gasteiger charge is 2.24. The zero-order chi connectivity index (χ0) is 14.9. The number of alkyl halides is 1. The van der Waals surface area contributed by atoms with Crippen molar-refractivity contribution in [2.75, 3.05) is 5.33 Å². The third-order valence-electron chi connectivity index (χ3n) is 2.69. The van der Waals surface area contributed by atoms with E-state index < -0.39 is 11.7 Å². The van der Waals surface area contributed by atoms with Gasteiger partial charge in [0.1, 0.15) is 5.60 Å². The molecule has 0 aliphatic heterocycles. The van der Waals surface area contributed by atoms with Crippen LogP contribution >= 0.6 is 15.9 Å². The van der Waals surface area contributed by atoms with Gasteiger partial charge in [-0.15, -0.1) is 0 Å². The number of halogens is 1. The lowest BCUT2D eigenvalue weighted by atomic mass is 10.2. The quantitative estimate of drug-likeness (QED) is 0.614. The lowest BCUT2D eigenvalue weighted by Crippen LogP contribution is -2.28. The van der Waals surface area contributed by atoms with E-state index in [2.05, 4.69) is 15.9 Å². The van der Waals surface area contributed by atoms with Gasteiger partial charge < -0.3 is 4.74 Å². The fraction of sp³-hybridized carbons (Fsp3) is 0.333. The maximum Gasteiger partial charge on any atom is 0.419 e. The monoisotopic (exact) mass is 337 g/mol. The van der Waals surface area contributed by atoms with Crippen molar-refractivity contribution in [3.05, 3.63) is 36.0 Å². The molecule has 0 bridgehead atoms. The van der Waals surface area contributed by atoms with Gasteiger partial charge in [-0.05, 0) is 32.9 Å². The maximum atomic E-state index is 12.3. The highest BCUT2D eigenvalue weighted by atomic mass is 79.9. The molecule has 1 aromatic heterocycles. The van der Waals surface area contributed by atoms with E-state index in [1.54, 1.807) is 32.9 Å². The van der Waals surface area contributed by atoms with Gasteiger partial charge in [0.05, 0.1) is 16.5 Å². The Morgan fingerprint density at radius 1 is 1.25 bits per heavy atom. The minimum atomic E-state index is -0.614. The second-order valence-electron chi connectivity index (χ2n) is 5.46. The average Bonchev–Trinajstić information content (AvgIpc) is 2.75. The number of carbonyl (C=O) groups is 2. The Morgan fingerprint density at radius 2 is 1.90 bits per heavy atom. The molecule has 0 unspecified atom stereocenters. The molecular formula is C15H16BrNO3. The number of rotatable bonds is 2. The zero-order valence-corrected chi connectivity index (χ0v) is 13.2. The minimum Gasteiger partial charge on any atom is -0.443 e. The summed E-state index contributed by atoms with van der Waals surface area (Å²) in [6.45, 7) is 5.38. The predicted molar refractivity (Wildman–Crippen MR) is 81.7 cm³/mol. The van der Waals surface area contributed by atoms with Gasteiger partial charge in [-0.25, -0.2) is 9.36 Å². The summed E-state index contributed by atoms with van der Waals surface area (Å²) < 4.78 is 6.72. The number of benzene rings is 1. The Balaban J connectivity index is 2.59. The smallest absolute Gasteiger partial charge is 0.419 e. The van der Waals surface area contributed by atoms with Crippen molar-refractivity contribution in [1.82, 2.24) is 4.57 Å². The van der Waals surface area contributed by atoms with Gasteiger partial charge in [0.15, 0.2) is 5.78 Å². The van der Waals surface area contributed by atoms with E-state index in [1.165, 1.54) is 4.57 Å². The van der Waals surface area contributed by atoms with Gasteiger partial charge in [0.2, 0.25) is 0 Å². The first kappa shape index (κ1) is 14.8. The van der Waals surface area contributed by atoms with Crippen molar-refractivity contribution < 1.29 is 14.3 Å². The highest BCUT2D eigenvalue weighted by Crippen LogP contribution is 2.22. The Labute approximate surface area is 125 Å². The summed E-state index contributed by atoms with van der Waals surface area (Å²) in [4.78, 5) is 24.3. The van der Waals surface area contributed by atoms with Gasteiger partial charge in [0, 0.05) is 5.39 Å². The van der Waals surface area contributed by atoms with E-state index in [1.807, 2.05) is 18.2 Å². The number of carbonyl (C=O) groups excluding carboxylic acids is 2. The SMILES string of the molecule is CC(C)(C)OC(=O)n1c(C(=O)CBr)cc2ccccc21. The highest BCUT2D eigenvalue weighted by molar-refractivity contribution is 9.09. The Morgan fingerprint density at radius 3 is 2.50 bits per heavy atom. The number of hydrogen-bond acceptors (Lipinski definition) is 3. The van der Waals surface area contributed by atoms with Crippen LogP contribution in [0, 0.1) is 0 Å². The maximum absolute atomic E-state index is 12.3. The average molecular weight is 338 g/mol. The zero-order valence-electron chi connectivity index (χ0n) is 11.6. The van der Waals surface area contributed by atoms with Gasteiger partial charge >= 0.3 is 6.09 Å². The van der Waals surface area contributed by atoms with Crippen LogP contribution in [0.3, 0.4) is 0 Å². The molecule has 2 aromatic rings. The standard InChI is InChI=1S/C15H16BrNO3/c1-15(2,3)20-14(19)17-11-7-5-4-6-10(11)8-12(17)13(18)9-16/h4-8H,9H2,1-3H3. The number of ketones is 1. The molecule has 0 aliphatic carbocycles. The lowest BCUT2D eigenvalue weighted by Gasteiger charge is -2.20. The molecule has 5 heteroatoms. The topological polar surface area (TPSA) is 48.3 Å². The van der Waals surface area contributed by atoms with E-state index >= 15 is 0 Å². The van der Waals surface area contributed by atoms with Crippen LogP contribution < -0.4 is 0 Å². The van der Waals surface area contributed by atoms with Gasteiger partial charge in [0.25, 0.3) is 0 Å². The summed E-state index contributed by atoms with van der Waals surface area (Å²) in [5.74, 6) is -0.160. The van der Waals surface area contributed by atoms with Crippen LogP contribution in [0.1, 0.15) is 31.3 Å². The largest absolute Gasteiger partial charge is 0.443 e. The molecular weight excluding hydrogens is 322 g/mol. The molecule has 4 nitrogen and oxygen atoms in total. The van der Waals surface area contributed by atoms with Crippen molar-refractivity contribution in [2.24, 2.45) is 0 Å². The summed E-state index contributed by atoms with van der Waals surface area (Å²) in [5.41, 5.74) is 0.389. The molecule has 106 valence electrons. The predicted octanol–water partition coefficient (Wildman–Crippen LogP) is 4.00. The Bertz CT molecular complexity index is 667. The number of nitrogens with zero attached hydrogens (tertiary/aromatic N) is 1. The second kappa shape index (κ2) is 5.40. The summed E-state index contributed by atoms with van der Waals surface area (Å²) in [7, 11) is 0. The summed E-state index contributed by atoms with van der Waals surface area (Å²) in [6, 6.07) is 9.06. The molecule has 0 radical (unpaired) electrons. The van der Waals surface area contributed by atoms with Crippen molar-refractivity contribution in [3.8, 4) is 0 Å². The number of fused-ring (bicyclic) bond motifs is 1. The van der Waals surface area contributed by atoms with Crippen molar-refractivity contribution in [3.63, 3.8) is 0 Å². The molecule has 2 rings (SSSR count). The summed E-state index contributed by atoms with van der Waals surface area (Å²) in [6.07, 6.45) is -0.539. The third kappa shape index (κ3) is 2.93. The molecule has 0 saturated heterocycles. The molecule has 0 N–H and O–H groups in total. The second-order valence-corrected chi connectivity index (χ2v) is 6.02. The van der Waals surface area contributed by atoms with Crippen molar-refractivity contribution >= 4 is 38.7 Å². The molecule has 0 spiro atoms. The molecule has 0 saturated carbocycles. The molecule has 1 aromatic carbocycles. The summed E-state index contributed by atoms with van der Waals surface area (Å²) in [5, 5.41) is 0.995. The minimum absolute atomic E-state index is 0.159. The van der Waals surface area contributed by atoms with Gasteiger partial charge in [-0.2, -0.15) is 0 Å². The lowest BCUT2D eigenvalue weighted by molar-refractivity contribution is 0.0536. The van der Waals surface area contributed by atoms with Gasteiger partial charge in [-0.3, -0.25) is 4.79 Å². The number of Topliss-reactive ketones (excluding diaryl/α,β-unsaturated/α-hetero) is 1. The first-order valence-corrected chi connectivity index (χ1v) is 7.38. The van der Waals surface area contributed by atoms with E-state index in [4.69, 9.17) is 4.74 Å². The van der Waals surface area contributed by atoms with Crippen LogP contribution in [0.4, 0.5) is 4.79 Å². The molecule has 20 heavy (non-hydrogen) atoms. The number of aromatic nitrogens is 1. The molecule has 0 amide bonds. The first-order valence-electron chi connectivity index (χ1n) is 6.26. The van der Waals surface area contributed by atoms with Crippen LogP contribution in [0.25, 0.3) is 10.9 Å². The molecule has 0 atom stereocenters.